The number of aromatic hydroxyl groups is 1. The van der Waals surface area contributed by atoms with Gasteiger partial charge in [-0.3, -0.25) is 28.8 Å². The van der Waals surface area contributed by atoms with Gasteiger partial charge in [-0.05, 0) is 49.4 Å². The van der Waals surface area contributed by atoms with E-state index in [1.54, 1.807) is 13.8 Å². The molecule has 1 aliphatic rings. The number of rotatable bonds is 19. The molecule has 1 aromatic carbocycles. The summed E-state index contributed by atoms with van der Waals surface area (Å²) in [5.41, 5.74) is 12.0. The molecule has 12 N–H and O–H groups in total. The SMILES string of the molecule is CC(C)[C@H](NC(=O)[C@H](Cc1ccc(O)cc1)NC(=O)[C@@H]1CSSC[C@H](NC(=O)[C@H](CCC(=O)O)NC(=O)[C@@H](N)CCCCN)C(=O)N1)C(=O)O. The number of benzene rings is 1. The van der Waals surface area contributed by atoms with E-state index < -0.39 is 90.1 Å². The Balaban J connectivity index is 2.17. The fourth-order valence-electron chi connectivity index (χ4n) is 4.71. The van der Waals surface area contributed by atoms with Crippen molar-refractivity contribution in [2.24, 2.45) is 17.4 Å². The Morgan fingerprint density at radius 1 is 0.900 bits per heavy atom. The van der Waals surface area contributed by atoms with Crippen molar-refractivity contribution >= 4 is 63.1 Å². The van der Waals surface area contributed by atoms with Crippen molar-refractivity contribution in [1.82, 2.24) is 26.6 Å². The van der Waals surface area contributed by atoms with E-state index in [2.05, 4.69) is 26.6 Å². The zero-order chi connectivity index (χ0) is 37.4. The average Bonchev–Trinajstić information content (AvgIpc) is 3.05. The minimum absolute atomic E-state index is 0.0181. The number of amides is 5. The molecule has 1 saturated heterocycles. The molecule has 0 spiro atoms. The van der Waals surface area contributed by atoms with E-state index in [0.29, 0.717) is 31.4 Å². The Bertz CT molecular complexity index is 1350. The number of aliphatic carboxylic acids is 2. The predicted octanol–water partition coefficient (Wildman–Crippen LogP) is -1.18. The summed E-state index contributed by atoms with van der Waals surface area (Å²) in [6.07, 6.45) is 0.732. The zero-order valence-corrected chi connectivity index (χ0v) is 29.5. The average molecular weight is 742 g/mol. The number of carboxylic acid groups (broad SMARTS) is 2. The monoisotopic (exact) mass is 741 g/mol. The van der Waals surface area contributed by atoms with Crippen molar-refractivity contribution in [2.75, 3.05) is 18.1 Å². The maximum Gasteiger partial charge on any atom is 0.326 e. The van der Waals surface area contributed by atoms with Crippen LogP contribution in [0.25, 0.3) is 0 Å². The second kappa shape index (κ2) is 21.2. The molecule has 1 aromatic rings. The first-order valence-corrected chi connectivity index (χ1v) is 18.6. The van der Waals surface area contributed by atoms with Crippen molar-refractivity contribution in [3.8, 4) is 5.75 Å². The molecule has 19 heteroatoms. The summed E-state index contributed by atoms with van der Waals surface area (Å²) in [5.74, 6) is -6.52. The highest BCUT2D eigenvalue weighted by molar-refractivity contribution is 8.76. The molecule has 1 fully saturated rings. The van der Waals surface area contributed by atoms with Crippen LogP contribution in [-0.2, 0) is 40.0 Å². The third-order valence-corrected chi connectivity index (χ3v) is 10.1. The number of carboxylic acids is 2. The van der Waals surface area contributed by atoms with Crippen LogP contribution in [0.3, 0.4) is 0 Å². The molecule has 17 nitrogen and oxygen atoms in total. The predicted molar refractivity (Wildman–Crippen MR) is 187 cm³/mol. The number of phenols is 1. The maximum absolute atomic E-state index is 13.5. The first-order chi connectivity index (χ1) is 23.6. The summed E-state index contributed by atoms with van der Waals surface area (Å²) >= 11 is 0. The number of carbonyl (C=O) groups excluding carboxylic acids is 5. The maximum atomic E-state index is 13.5. The van der Waals surface area contributed by atoms with Gasteiger partial charge in [-0.1, -0.05) is 54.0 Å². The number of hydrogen-bond acceptors (Lipinski definition) is 12. The summed E-state index contributed by atoms with van der Waals surface area (Å²) in [6.45, 7) is 3.65. The molecular weight excluding hydrogens is 695 g/mol. The molecule has 1 heterocycles. The molecule has 2 rings (SSSR count). The van der Waals surface area contributed by atoms with Crippen LogP contribution < -0.4 is 38.1 Å². The quantitative estimate of drug-likeness (QED) is 0.0590. The van der Waals surface area contributed by atoms with Gasteiger partial charge in [0.1, 0.15) is 36.0 Å². The normalized spacial score (nSPS) is 18.6. The van der Waals surface area contributed by atoms with Gasteiger partial charge >= 0.3 is 11.9 Å². The summed E-state index contributed by atoms with van der Waals surface area (Å²) in [4.78, 5) is 89.0. The van der Waals surface area contributed by atoms with Crippen LogP contribution in [0.1, 0.15) is 51.5 Å². The van der Waals surface area contributed by atoms with Gasteiger partial charge in [0, 0.05) is 24.3 Å². The number of hydrogen-bond donors (Lipinski definition) is 10. The number of nitrogens with one attached hydrogen (secondary N) is 5. The lowest BCUT2D eigenvalue weighted by Crippen LogP contribution is -2.61. The number of phenolic OH excluding ortho intramolecular Hbond substituents is 1. The van der Waals surface area contributed by atoms with Crippen LogP contribution in [0.2, 0.25) is 0 Å². The minimum Gasteiger partial charge on any atom is -0.508 e. The zero-order valence-electron chi connectivity index (χ0n) is 27.9. The standard InChI is InChI=1S/C31H47N7O10S2/c1-16(2)25(31(47)48)38-28(44)21(13-17-6-8-18(39)9-7-17)35-29(45)22-14-49-50-15-23(30(46)37-22)36-27(43)20(10-11-24(40)41)34-26(42)19(33)5-3-4-12-32/h6-9,16,19-23,25,39H,3-5,10-15,32-33H2,1-2H3,(H,34,42)(H,35,45)(H,36,43)(H,37,46)(H,38,44)(H,40,41)(H,47,48)/t19-,20-,21-,22-,23-,25-/m0/s1. The fourth-order valence-corrected chi connectivity index (χ4v) is 7.04. The first-order valence-electron chi connectivity index (χ1n) is 16.1. The van der Waals surface area contributed by atoms with Gasteiger partial charge in [0.2, 0.25) is 29.5 Å². The lowest BCUT2D eigenvalue weighted by Gasteiger charge is -2.28. The molecule has 50 heavy (non-hydrogen) atoms. The molecule has 1 aliphatic heterocycles. The Morgan fingerprint density at radius 3 is 2.16 bits per heavy atom. The van der Waals surface area contributed by atoms with Crippen LogP contribution in [0, 0.1) is 5.92 Å². The highest BCUT2D eigenvalue weighted by Gasteiger charge is 2.35. The molecule has 0 aromatic heterocycles. The Morgan fingerprint density at radius 2 is 1.56 bits per heavy atom. The summed E-state index contributed by atoms with van der Waals surface area (Å²) in [7, 11) is 2.40. The Hall–Kier alpha value is -4.07. The van der Waals surface area contributed by atoms with Crippen LogP contribution in [0.15, 0.2) is 24.3 Å². The lowest BCUT2D eigenvalue weighted by molar-refractivity contribution is -0.143. The molecule has 0 saturated carbocycles. The van der Waals surface area contributed by atoms with Gasteiger partial charge in [0.05, 0.1) is 6.04 Å². The van der Waals surface area contributed by atoms with Crippen LogP contribution in [0.4, 0.5) is 0 Å². The largest absolute Gasteiger partial charge is 0.508 e. The second-order valence-corrected chi connectivity index (χ2v) is 14.6. The van der Waals surface area contributed by atoms with E-state index in [4.69, 9.17) is 11.5 Å². The van der Waals surface area contributed by atoms with E-state index in [1.807, 2.05) is 0 Å². The highest BCUT2D eigenvalue weighted by Crippen LogP contribution is 2.25. The van der Waals surface area contributed by atoms with Gasteiger partial charge in [0.15, 0.2) is 0 Å². The van der Waals surface area contributed by atoms with E-state index in [9.17, 15) is 48.9 Å². The van der Waals surface area contributed by atoms with E-state index in [-0.39, 0.29) is 30.1 Å². The van der Waals surface area contributed by atoms with Crippen molar-refractivity contribution < 1.29 is 48.9 Å². The van der Waals surface area contributed by atoms with Gasteiger partial charge in [0.25, 0.3) is 0 Å². The molecule has 0 aliphatic carbocycles. The lowest BCUT2D eigenvalue weighted by atomic mass is 10.0. The topological polar surface area (TPSA) is 292 Å². The van der Waals surface area contributed by atoms with Crippen molar-refractivity contribution in [3.05, 3.63) is 29.8 Å². The molecule has 0 unspecified atom stereocenters. The summed E-state index contributed by atoms with van der Waals surface area (Å²) in [6, 6.07) is -1.26. The number of carbonyl (C=O) groups is 7. The second-order valence-electron chi connectivity index (χ2n) is 12.1. The number of unbranched alkanes of at least 4 members (excludes halogenated alkanes) is 1. The molecule has 278 valence electrons. The molecule has 0 radical (unpaired) electrons. The van der Waals surface area contributed by atoms with Crippen LogP contribution in [0.5, 0.6) is 5.75 Å². The van der Waals surface area contributed by atoms with Crippen molar-refractivity contribution in [1.29, 1.82) is 0 Å². The first kappa shape index (κ1) is 42.1. The Labute approximate surface area is 297 Å². The van der Waals surface area contributed by atoms with Crippen molar-refractivity contribution in [2.45, 2.75) is 88.6 Å². The summed E-state index contributed by atoms with van der Waals surface area (Å²) < 4.78 is 0. The van der Waals surface area contributed by atoms with Gasteiger partial charge in [-0.2, -0.15) is 0 Å². The highest BCUT2D eigenvalue weighted by atomic mass is 33.1. The Kier molecular flexibility index (Phi) is 17.9. The van der Waals surface area contributed by atoms with E-state index in [1.165, 1.54) is 45.9 Å². The third-order valence-electron chi connectivity index (χ3n) is 7.64. The van der Waals surface area contributed by atoms with Crippen LogP contribution in [-0.4, -0.2) is 111 Å². The molecular formula is C31H47N7O10S2. The van der Waals surface area contributed by atoms with E-state index >= 15 is 0 Å². The molecule has 5 amide bonds. The molecule has 0 bridgehead atoms. The van der Waals surface area contributed by atoms with Gasteiger partial charge < -0.3 is 53.4 Å². The third kappa shape index (κ3) is 14.4. The minimum atomic E-state index is -1.31. The van der Waals surface area contributed by atoms with Gasteiger partial charge in [-0.25, -0.2) is 4.79 Å². The van der Waals surface area contributed by atoms with E-state index in [0.717, 1.165) is 0 Å². The van der Waals surface area contributed by atoms with Crippen LogP contribution >= 0.6 is 21.6 Å². The fraction of sp³-hybridized carbons (Fsp3) is 0.581. The summed E-state index contributed by atoms with van der Waals surface area (Å²) in [5, 5.41) is 41.0. The van der Waals surface area contributed by atoms with Crippen molar-refractivity contribution in [3.63, 3.8) is 0 Å². The van der Waals surface area contributed by atoms with Gasteiger partial charge in [-0.15, -0.1) is 0 Å². The molecule has 6 atom stereocenters. The smallest absolute Gasteiger partial charge is 0.326 e. The number of nitrogens with two attached hydrogens (primary N) is 2.